The zero-order valence-electron chi connectivity index (χ0n) is 13.8. The highest BCUT2D eigenvalue weighted by molar-refractivity contribution is 6.02. The van der Waals surface area contributed by atoms with Gasteiger partial charge in [-0.1, -0.05) is 6.07 Å². The molecule has 0 aliphatic heterocycles. The molecule has 0 bridgehead atoms. The molecule has 3 aromatic rings. The van der Waals surface area contributed by atoms with E-state index in [1.165, 1.54) is 6.08 Å². The van der Waals surface area contributed by atoms with Crippen LogP contribution in [0.2, 0.25) is 0 Å². The largest absolute Gasteiger partial charge is 0.462 e. The van der Waals surface area contributed by atoms with Crippen LogP contribution >= 0.6 is 0 Å². The highest BCUT2D eigenvalue weighted by atomic mass is 16.4. The van der Waals surface area contributed by atoms with Crippen molar-refractivity contribution in [2.75, 3.05) is 5.32 Å². The molecule has 0 aliphatic rings. The van der Waals surface area contributed by atoms with Crippen molar-refractivity contribution in [2.45, 2.75) is 20.8 Å². The van der Waals surface area contributed by atoms with E-state index in [4.69, 9.17) is 8.83 Å². The van der Waals surface area contributed by atoms with Gasteiger partial charge in [-0.2, -0.15) is 0 Å². The second-order valence-corrected chi connectivity index (χ2v) is 5.51. The molecule has 0 saturated carbocycles. The van der Waals surface area contributed by atoms with E-state index in [0.717, 1.165) is 22.8 Å². The van der Waals surface area contributed by atoms with Crippen LogP contribution in [0.5, 0.6) is 0 Å². The van der Waals surface area contributed by atoms with Gasteiger partial charge in [-0.15, -0.1) is 0 Å². The average Bonchev–Trinajstić information content (AvgIpc) is 3.12. The number of nitrogens with one attached hydrogen (secondary N) is 1. The number of anilines is 1. The summed E-state index contributed by atoms with van der Waals surface area (Å²) in [5.74, 6) is 2.54. The van der Waals surface area contributed by atoms with E-state index < -0.39 is 0 Å². The number of hydrogen-bond donors (Lipinski definition) is 1. The van der Waals surface area contributed by atoms with Gasteiger partial charge >= 0.3 is 0 Å². The number of carbonyl (C=O) groups is 1. The first-order valence-corrected chi connectivity index (χ1v) is 7.61. The predicted molar refractivity (Wildman–Crippen MR) is 92.5 cm³/mol. The first-order valence-electron chi connectivity index (χ1n) is 7.61. The lowest BCUT2D eigenvalue weighted by Gasteiger charge is -2.03. The van der Waals surface area contributed by atoms with Crippen molar-refractivity contribution in [3.05, 3.63) is 65.4 Å². The van der Waals surface area contributed by atoms with Crippen LogP contribution in [0, 0.1) is 20.8 Å². The lowest BCUT2D eigenvalue weighted by molar-refractivity contribution is -0.111. The molecule has 1 amide bonds. The van der Waals surface area contributed by atoms with Gasteiger partial charge in [-0.3, -0.25) is 4.79 Å². The summed E-state index contributed by atoms with van der Waals surface area (Å²) in [5.41, 5.74) is 2.34. The predicted octanol–water partition coefficient (Wildman–Crippen LogP) is 4.51. The molecule has 0 unspecified atom stereocenters. The Morgan fingerprint density at radius 3 is 2.62 bits per heavy atom. The van der Waals surface area contributed by atoms with Crippen molar-refractivity contribution < 1.29 is 13.6 Å². The third-order valence-electron chi connectivity index (χ3n) is 3.57. The summed E-state index contributed by atoms with van der Waals surface area (Å²) in [4.78, 5) is 16.4. The third-order valence-corrected chi connectivity index (χ3v) is 3.57. The molecule has 3 rings (SSSR count). The number of carbonyl (C=O) groups excluding carboxylic acids is 1. The lowest BCUT2D eigenvalue weighted by Crippen LogP contribution is -2.07. The highest BCUT2D eigenvalue weighted by Crippen LogP contribution is 2.24. The maximum atomic E-state index is 12.0. The molecule has 0 aliphatic carbocycles. The van der Waals surface area contributed by atoms with Gasteiger partial charge in [0, 0.05) is 17.3 Å². The second kappa shape index (κ2) is 6.58. The van der Waals surface area contributed by atoms with Gasteiger partial charge in [0.25, 0.3) is 0 Å². The number of benzene rings is 1. The SMILES string of the molecule is Cc1ccc(/C=C/C(=O)Nc2cccc(-c3nc(C)c(C)o3)c2)o1. The smallest absolute Gasteiger partial charge is 0.248 e. The van der Waals surface area contributed by atoms with Gasteiger partial charge in [0.15, 0.2) is 0 Å². The molecule has 122 valence electrons. The number of aromatic nitrogens is 1. The maximum absolute atomic E-state index is 12.0. The number of rotatable bonds is 4. The molecule has 0 fully saturated rings. The normalized spacial score (nSPS) is 11.1. The molecule has 0 atom stereocenters. The zero-order chi connectivity index (χ0) is 17.1. The van der Waals surface area contributed by atoms with Crippen molar-refractivity contribution in [1.82, 2.24) is 4.98 Å². The van der Waals surface area contributed by atoms with E-state index in [9.17, 15) is 4.79 Å². The van der Waals surface area contributed by atoms with Gasteiger partial charge < -0.3 is 14.2 Å². The highest BCUT2D eigenvalue weighted by Gasteiger charge is 2.09. The van der Waals surface area contributed by atoms with Crippen LogP contribution in [-0.2, 0) is 4.79 Å². The fraction of sp³-hybridized carbons (Fsp3) is 0.158. The average molecular weight is 322 g/mol. The minimum Gasteiger partial charge on any atom is -0.462 e. The molecule has 0 radical (unpaired) electrons. The van der Waals surface area contributed by atoms with Gasteiger partial charge in [-0.25, -0.2) is 4.98 Å². The summed E-state index contributed by atoms with van der Waals surface area (Å²) in [5, 5.41) is 2.81. The van der Waals surface area contributed by atoms with Crippen molar-refractivity contribution in [1.29, 1.82) is 0 Å². The Morgan fingerprint density at radius 1 is 1.12 bits per heavy atom. The maximum Gasteiger partial charge on any atom is 0.248 e. The summed E-state index contributed by atoms with van der Waals surface area (Å²) in [6.45, 7) is 5.63. The van der Waals surface area contributed by atoms with Crippen LogP contribution < -0.4 is 5.32 Å². The minimum atomic E-state index is -0.235. The first kappa shape index (κ1) is 15.8. The van der Waals surface area contributed by atoms with E-state index in [1.807, 2.05) is 57.2 Å². The van der Waals surface area contributed by atoms with E-state index >= 15 is 0 Å². The molecule has 2 aromatic heterocycles. The van der Waals surface area contributed by atoms with Crippen LogP contribution in [0.15, 0.2) is 51.3 Å². The number of hydrogen-bond acceptors (Lipinski definition) is 4. The molecule has 24 heavy (non-hydrogen) atoms. The number of amides is 1. The quantitative estimate of drug-likeness (QED) is 0.717. The monoisotopic (exact) mass is 322 g/mol. The van der Waals surface area contributed by atoms with Crippen LogP contribution in [0.4, 0.5) is 5.69 Å². The molecular formula is C19H18N2O3. The van der Waals surface area contributed by atoms with Crippen molar-refractivity contribution in [3.63, 3.8) is 0 Å². The van der Waals surface area contributed by atoms with E-state index in [2.05, 4.69) is 10.3 Å². The van der Waals surface area contributed by atoms with E-state index in [-0.39, 0.29) is 5.91 Å². The van der Waals surface area contributed by atoms with Crippen LogP contribution in [0.25, 0.3) is 17.5 Å². The van der Waals surface area contributed by atoms with Gasteiger partial charge in [0.1, 0.15) is 17.3 Å². The van der Waals surface area contributed by atoms with Gasteiger partial charge in [-0.05, 0) is 57.2 Å². The molecule has 2 heterocycles. The molecular weight excluding hydrogens is 304 g/mol. The molecule has 1 aromatic carbocycles. The number of aryl methyl sites for hydroxylation is 3. The van der Waals surface area contributed by atoms with E-state index in [0.29, 0.717) is 17.3 Å². The van der Waals surface area contributed by atoms with Crippen LogP contribution in [-0.4, -0.2) is 10.9 Å². The summed E-state index contributed by atoms with van der Waals surface area (Å²) in [6.07, 6.45) is 3.07. The Balaban J connectivity index is 1.72. The van der Waals surface area contributed by atoms with Crippen molar-refractivity contribution in [2.24, 2.45) is 0 Å². The molecule has 5 nitrogen and oxygen atoms in total. The van der Waals surface area contributed by atoms with Gasteiger partial charge in [0.05, 0.1) is 5.69 Å². The first-order chi connectivity index (χ1) is 11.5. The molecule has 5 heteroatoms. The molecule has 0 spiro atoms. The minimum absolute atomic E-state index is 0.235. The topological polar surface area (TPSA) is 68.3 Å². The van der Waals surface area contributed by atoms with Gasteiger partial charge in [0.2, 0.25) is 11.8 Å². The van der Waals surface area contributed by atoms with Crippen molar-refractivity contribution >= 4 is 17.7 Å². The number of furan rings is 1. The Hall–Kier alpha value is -3.08. The fourth-order valence-corrected chi connectivity index (χ4v) is 2.21. The Morgan fingerprint density at radius 2 is 1.96 bits per heavy atom. The van der Waals surface area contributed by atoms with Crippen LogP contribution in [0.1, 0.15) is 23.0 Å². The molecule has 1 N–H and O–H groups in total. The standard InChI is InChI=1S/C19H18N2O3/c1-12-7-8-17(23-12)9-10-18(22)21-16-6-4-5-15(11-16)19-20-13(2)14(3)24-19/h4-11H,1-3H3,(H,21,22)/b10-9+. The Bertz CT molecular complexity index is 883. The number of nitrogens with zero attached hydrogens (tertiary/aromatic N) is 1. The number of oxazole rings is 1. The Kier molecular flexibility index (Phi) is 4.33. The zero-order valence-corrected chi connectivity index (χ0v) is 13.8. The lowest BCUT2D eigenvalue weighted by atomic mass is 10.2. The van der Waals surface area contributed by atoms with Crippen LogP contribution in [0.3, 0.4) is 0 Å². The third kappa shape index (κ3) is 3.63. The molecule has 0 saturated heterocycles. The fourth-order valence-electron chi connectivity index (χ4n) is 2.21. The summed E-state index contributed by atoms with van der Waals surface area (Å²) < 4.78 is 11.0. The summed E-state index contributed by atoms with van der Waals surface area (Å²) in [7, 11) is 0. The summed E-state index contributed by atoms with van der Waals surface area (Å²) in [6, 6.07) is 11.0. The van der Waals surface area contributed by atoms with Crippen molar-refractivity contribution in [3.8, 4) is 11.5 Å². The summed E-state index contributed by atoms with van der Waals surface area (Å²) >= 11 is 0. The Labute approximate surface area is 140 Å². The van der Waals surface area contributed by atoms with E-state index in [1.54, 1.807) is 6.08 Å². The second-order valence-electron chi connectivity index (χ2n) is 5.51.